The molecule has 0 aliphatic heterocycles. The Morgan fingerprint density at radius 2 is 2.04 bits per heavy atom. The van der Waals surface area contributed by atoms with Gasteiger partial charge in [-0.1, -0.05) is 37.6 Å². The molecule has 1 aliphatic carbocycles. The standard InChI is InChI=1S/C21H23N3O2/c1-3-5-12-26-20-16-11-10-14-8-6-7-9-15(14)19(25)18(16)23-21-17(20)13-22-24(21)4-2/h6-9,13H,3-5,10-12H2,1-2H3. The van der Waals surface area contributed by atoms with E-state index in [-0.39, 0.29) is 5.78 Å². The average Bonchev–Trinajstić information content (AvgIpc) is 3.03. The van der Waals surface area contributed by atoms with Crippen molar-refractivity contribution in [2.24, 2.45) is 0 Å². The lowest BCUT2D eigenvalue weighted by Crippen LogP contribution is -2.11. The minimum Gasteiger partial charge on any atom is -0.492 e. The molecule has 1 aliphatic rings. The van der Waals surface area contributed by atoms with Crippen molar-refractivity contribution in [3.8, 4) is 5.75 Å². The Morgan fingerprint density at radius 1 is 1.19 bits per heavy atom. The molecule has 0 atom stereocenters. The van der Waals surface area contributed by atoms with Gasteiger partial charge in [0.2, 0.25) is 5.78 Å². The zero-order valence-electron chi connectivity index (χ0n) is 15.3. The van der Waals surface area contributed by atoms with E-state index in [1.54, 1.807) is 0 Å². The molecule has 0 spiro atoms. The summed E-state index contributed by atoms with van der Waals surface area (Å²) in [4.78, 5) is 18.0. The predicted molar refractivity (Wildman–Crippen MR) is 101 cm³/mol. The molecule has 2 aromatic heterocycles. The largest absolute Gasteiger partial charge is 0.492 e. The molecule has 0 fully saturated rings. The maximum Gasteiger partial charge on any atom is 0.212 e. The third-order valence-electron chi connectivity index (χ3n) is 5.00. The van der Waals surface area contributed by atoms with Crippen LogP contribution in [0, 0.1) is 0 Å². The lowest BCUT2D eigenvalue weighted by atomic mass is 10.0. The Morgan fingerprint density at radius 3 is 2.85 bits per heavy atom. The maximum absolute atomic E-state index is 13.2. The van der Waals surface area contributed by atoms with E-state index in [0.29, 0.717) is 18.8 Å². The molecule has 0 unspecified atom stereocenters. The van der Waals surface area contributed by atoms with Crippen molar-refractivity contribution in [1.29, 1.82) is 0 Å². The smallest absolute Gasteiger partial charge is 0.212 e. The summed E-state index contributed by atoms with van der Waals surface area (Å²) in [6, 6.07) is 7.83. The number of benzene rings is 1. The molecule has 0 saturated carbocycles. The molecule has 0 radical (unpaired) electrons. The van der Waals surface area contributed by atoms with E-state index in [1.165, 1.54) is 0 Å². The summed E-state index contributed by atoms with van der Waals surface area (Å²) in [6.07, 6.45) is 5.42. The van der Waals surface area contributed by atoms with E-state index >= 15 is 0 Å². The summed E-state index contributed by atoms with van der Waals surface area (Å²) in [7, 11) is 0. The Hall–Kier alpha value is -2.69. The zero-order chi connectivity index (χ0) is 18.1. The normalized spacial score (nSPS) is 13.4. The highest BCUT2D eigenvalue weighted by Gasteiger charge is 2.28. The number of aryl methyl sites for hydroxylation is 2. The predicted octanol–water partition coefficient (Wildman–Crippen LogP) is 3.96. The molecule has 0 amide bonds. The molecular formula is C21H23N3O2. The summed E-state index contributed by atoms with van der Waals surface area (Å²) in [5, 5.41) is 5.33. The molecule has 0 saturated heterocycles. The van der Waals surface area contributed by atoms with E-state index in [4.69, 9.17) is 9.72 Å². The summed E-state index contributed by atoms with van der Waals surface area (Å²) in [6.45, 7) is 5.50. The number of hydrogen-bond acceptors (Lipinski definition) is 4. The van der Waals surface area contributed by atoms with E-state index in [2.05, 4.69) is 12.0 Å². The van der Waals surface area contributed by atoms with E-state index in [0.717, 1.165) is 59.2 Å². The van der Waals surface area contributed by atoms with Crippen LogP contribution in [0.1, 0.15) is 53.9 Å². The Bertz CT molecular complexity index is 975. The van der Waals surface area contributed by atoms with Crippen molar-refractivity contribution >= 4 is 16.8 Å². The van der Waals surface area contributed by atoms with E-state index in [1.807, 2.05) is 42.1 Å². The van der Waals surface area contributed by atoms with Crippen LogP contribution in [0.4, 0.5) is 0 Å². The second-order valence-electron chi connectivity index (χ2n) is 6.65. The highest BCUT2D eigenvalue weighted by molar-refractivity contribution is 6.11. The number of rotatable bonds is 5. The van der Waals surface area contributed by atoms with Gasteiger partial charge >= 0.3 is 0 Å². The summed E-state index contributed by atoms with van der Waals surface area (Å²) in [5.41, 5.74) is 4.00. The van der Waals surface area contributed by atoms with Gasteiger partial charge in [0.1, 0.15) is 11.4 Å². The van der Waals surface area contributed by atoms with Gasteiger partial charge < -0.3 is 4.74 Å². The van der Waals surface area contributed by atoms with Crippen molar-refractivity contribution < 1.29 is 9.53 Å². The number of hydrogen-bond donors (Lipinski definition) is 0. The topological polar surface area (TPSA) is 57.0 Å². The molecule has 26 heavy (non-hydrogen) atoms. The molecule has 2 heterocycles. The second-order valence-corrected chi connectivity index (χ2v) is 6.65. The minimum atomic E-state index is -0.0146. The first-order chi connectivity index (χ1) is 12.7. The highest BCUT2D eigenvalue weighted by Crippen LogP contribution is 2.35. The van der Waals surface area contributed by atoms with Crippen molar-refractivity contribution in [1.82, 2.24) is 14.8 Å². The highest BCUT2D eigenvalue weighted by atomic mass is 16.5. The third kappa shape index (κ3) is 2.68. The Kier molecular flexibility index (Phi) is 4.45. The van der Waals surface area contributed by atoms with Crippen molar-refractivity contribution in [2.45, 2.75) is 46.1 Å². The fourth-order valence-electron chi connectivity index (χ4n) is 3.58. The lowest BCUT2D eigenvalue weighted by Gasteiger charge is -2.14. The van der Waals surface area contributed by atoms with Gasteiger partial charge in [-0.25, -0.2) is 9.67 Å². The molecule has 0 bridgehead atoms. The third-order valence-corrected chi connectivity index (χ3v) is 5.00. The van der Waals surface area contributed by atoms with Crippen LogP contribution in [0.3, 0.4) is 0 Å². The number of fused-ring (bicyclic) bond motifs is 3. The maximum atomic E-state index is 13.2. The van der Waals surface area contributed by atoms with E-state index < -0.39 is 0 Å². The first kappa shape index (κ1) is 16.8. The van der Waals surface area contributed by atoms with Crippen LogP contribution in [0.15, 0.2) is 30.5 Å². The molecule has 0 N–H and O–H groups in total. The SMILES string of the molecule is CCCCOc1c2c(nc3c1cnn3CC)C(=O)c1ccccc1CC2. The van der Waals surface area contributed by atoms with Crippen LogP contribution < -0.4 is 4.74 Å². The molecular weight excluding hydrogens is 326 g/mol. The van der Waals surface area contributed by atoms with Crippen molar-refractivity contribution in [2.75, 3.05) is 6.61 Å². The van der Waals surface area contributed by atoms with Gasteiger partial charge in [0, 0.05) is 17.7 Å². The number of nitrogens with zero attached hydrogens (tertiary/aromatic N) is 3. The van der Waals surface area contributed by atoms with Gasteiger partial charge in [0.05, 0.1) is 18.2 Å². The average molecular weight is 349 g/mol. The van der Waals surface area contributed by atoms with Crippen LogP contribution in [0.25, 0.3) is 11.0 Å². The van der Waals surface area contributed by atoms with Crippen LogP contribution in [-0.2, 0) is 19.4 Å². The van der Waals surface area contributed by atoms with Crippen LogP contribution >= 0.6 is 0 Å². The fraction of sp³-hybridized carbons (Fsp3) is 0.381. The molecule has 4 rings (SSSR count). The first-order valence-electron chi connectivity index (χ1n) is 9.38. The Labute approximate surface area is 153 Å². The van der Waals surface area contributed by atoms with Gasteiger partial charge in [0.15, 0.2) is 5.65 Å². The molecule has 134 valence electrons. The van der Waals surface area contributed by atoms with Crippen LogP contribution in [0.2, 0.25) is 0 Å². The first-order valence-corrected chi connectivity index (χ1v) is 9.38. The van der Waals surface area contributed by atoms with E-state index in [9.17, 15) is 4.79 Å². The fourth-order valence-corrected chi connectivity index (χ4v) is 3.58. The van der Waals surface area contributed by atoms with Gasteiger partial charge in [-0.3, -0.25) is 4.79 Å². The molecule has 5 heteroatoms. The summed E-state index contributed by atoms with van der Waals surface area (Å²) in [5.74, 6) is 0.776. The van der Waals surface area contributed by atoms with Gasteiger partial charge in [-0.2, -0.15) is 5.10 Å². The number of ketones is 1. The number of unbranched alkanes of at least 4 members (excludes halogenated alkanes) is 1. The number of carbonyl (C=O) groups is 1. The minimum absolute atomic E-state index is 0.0146. The number of aromatic nitrogens is 3. The van der Waals surface area contributed by atoms with Crippen LogP contribution in [-0.4, -0.2) is 27.2 Å². The van der Waals surface area contributed by atoms with Gasteiger partial charge in [-0.05, 0) is 31.7 Å². The summed E-state index contributed by atoms with van der Waals surface area (Å²) >= 11 is 0. The quantitative estimate of drug-likeness (QED) is 0.654. The molecule has 5 nitrogen and oxygen atoms in total. The zero-order valence-corrected chi connectivity index (χ0v) is 15.3. The van der Waals surface area contributed by atoms with Crippen LogP contribution in [0.5, 0.6) is 5.75 Å². The van der Waals surface area contributed by atoms with Crippen molar-refractivity contribution in [3.05, 3.63) is 52.8 Å². The monoisotopic (exact) mass is 349 g/mol. The van der Waals surface area contributed by atoms with Crippen molar-refractivity contribution in [3.63, 3.8) is 0 Å². The number of pyridine rings is 1. The molecule has 3 aromatic rings. The summed E-state index contributed by atoms with van der Waals surface area (Å²) < 4.78 is 8.00. The second kappa shape index (κ2) is 6.90. The Balaban J connectivity index is 1.92. The lowest BCUT2D eigenvalue weighted by molar-refractivity contribution is 0.103. The van der Waals surface area contributed by atoms with Gasteiger partial charge in [0.25, 0.3) is 0 Å². The number of carbonyl (C=O) groups excluding carboxylic acids is 1. The molecule has 1 aromatic carbocycles. The number of ether oxygens (including phenoxy) is 1. The van der Waals surface area contributed by atoms with Gasteiger partial charge in [-0.15, -0.1) is 0 Å².